The van der Waals surface area contributed by atoms with E-state index in [4.69, 9.17) is 10.8 Å². The minimum atomic E-state index is -1.15. The molecule has 0 aromatic carbocycles. The molecule has 21 heavy (non-hydrogen) atoms. The Balaban J connectivity index is 2.63. The predicted molar refractivity (Wildman–Crippen MR) is 72.0 cm³/mol. The van der Waals surface area contributed by atoms with Crippen molar-refractivity contribution in [2.75, 3.05) is 19.6 Å². The quantitative estimate of drug-likeness (QED) is 0.432. The summed E-state index contributed by atoms with van der Waals surface area (Å²) in [7, 11) is 0. The molecule has 0 spiro atoms. The lowest BCUT2D eigenvalue weighted by Crippen LogP contribution is -2.53. The molecule has 1 rings (SSSR count). The van der Waals surface area contributed by atoms with Crippen molar-refractivity contribution in [3.63, 3.8) is 0 Å². The van der Waals surface area contributed by atoms with Gasteiger partial charge in [-0.15, -0.1) is 0 Å². The fourth-order valence-corrected chi connectivity index (χ4v) is 2.19. The molecule has 3 amide bonds. The van der Waals surface area contributed by atoms with Gasteiger partial charge in [0.25, 0.3) is 0 Å². The van der Waals surface area contributed by atoms with Crippen LogP contribution < -0.4 is 16.4 Å². The molecule has 0 aromatic heterocycles. The van der Waals surface area contributed by atoms with Gasteiger partial charge in [0.05, 0.1) is 6.54 Å². The zero-order valence-electron chi connectivity index (χ0n) is 11.8. The molecule has 1 fully saturated rings. The van der Waals surface area contributed by atoms with Crippen molar-refractivity contribution in [3.8, 4) is 0 Å². The molecule has 2 unspecified atom stereocenters. The highest BCUT2D eigenvalue weighted by Crippen LogP contribution is 2.18. The monoisotopic (exact) mass is 300 g/mol. The van der Waals surface area contributed by atoms with E-state index in [1.807, 2.05) is 0 Å². The number of hydrogen-bond acceptors (Lipinski definition) is 5. The fraction of sp³-hybridized carbons (Fsp3) is 0.667. The summed E-state index contributed by atoms with van der Waals surface area (Å²) in [6, 6.07) is -1.48. The lowest BCUT2D eigenvalue weighted by molar-refractivity contribution is -0.142. The number of nitrogens with one attached hydrogen (secondary N) is 2. The molecule has 5 N–H and O–H groups in total. The van der Waals surface area contributed by atoms with Crippen LogP contribution in [0.25, 0.3) is 0 Å². The molecule has 1 heterocycles. The van der Waals surface area contributed by atoms with E-state index in [2.05, 4.69) is 10.6 Å². The number of carboxylic acid groups (broad SMARTS) is 1. The maximum absolute atomic E-state index is 12.2. The van der Waals surface area contributed by atoms with E-state index < -0.39 is 36.4 Å². The Morgan fingerprint density at radius 2 is 2.05 bits per heavy atom. The number of carboxylic acids is 1. The van der Waals surface area contributed by atoms with E-state index in [0.29, 0.717) is 19.4 Å². The number of likely N-dealkylation sites (tertiary alicyclic amines) is 1. The summed E-state index contributed by atoms with van der Waals surface area (Å²) in [5.74, 6) is -2.49. The number of rotatable bonds is 6. The Hall–Kier alpha value is -2.16. The third kappa shape index (κ3) is 4.71. The van der Waals surface area contributed by atoms with Crippen LogP contribution >= 0.6 is 0 Å². The molecule has 9 nitrogen and oxygen atoms in total. The van der Waals surface area contributed by atoms with Crippen molar-refractivity contribution < 1.29 is 24.3 Å². The Morgan fingerprint density at radius 3 is 2.62 bits per heavy atom. The Kier molecular flexibility index (Phi) is 6.10. The van der Waals surface area contributed by atoms with E-state index in [9.17, 15) is 19.2 Å². The normalized spacial score (nSPS) is 19.0. The smallest absolute Gasteiger partial charge is 0.322 e. The van der Waals surface area contributed by atoms with Gasteiger partial charge in [-0.3, -0.25) is 19.2 Å². The molecule has 1 aliphatic heterocycles. The van der Waals surface area contributed by atoms with Gasteiger partial charge in [-0.25, -0.2) is 0 Å². The summed E-state index contributed by atoms with van der Waals surface area (Å²) >= 11 is 0. The number of nitrogens with zero attached hydrogens (tertiary/aromatic N) is 1. The van der Waals surface area contributed by atoms with Gasteiger partial charge in [-0.05, 0) is 19.8 Å². The van der Waals surface area contributed by atoms with E-state index in [-0.39, 0.29) is 12.5 Å². The van der Waals surface area contributed by atoms with Crippen LogP contribution in [0.4, 0.5) is 0 Å². The molecule has 9 heteroatoms. The zero-order valence-corrected chi connectivity index (χ0v) is 11.8. The SMILES string of the molecule is CC(NC(=O)CN)C(=O)N1CCCC1C(=O)NCC(=O)O. The number of amides is 3. The summed E-state index contributed by atoms with van der Waals surface area (Å²) < 4.78 is 0. The van der Waals surface area contributed by atoms with Crippen molar-refractivity contribution in [2.24, 2.45) is 5.73 Å². The lowest BCUT2D eigenvalue weighted by atomic mass is 10.2. The van der Waals surface area contributed by atoms with Crippen LogP contribution in [0.3, 0.4) is 0 Å². The average Bonchev–Trinajstić information content (AvgIpc) is 2.92. The van der Waals surface area contributed by atoms with Crippen LogP contribution in [-0.4, -0.2) is 65.4 Å². The van der Waals surface area contributed by atoms with Gasteiger partial charge in [-0.1, -0.05) is 0 Å². The van der Waals surface area contributed by atoms with Gasteiger partial charge in [0.2, 0.25) is 17.7 Å². The summed E-state index contributed by atoms with van der Waals surface area (Å²) in [6.07, 6.45) is 1.11. The van der Waals surface area contributed by atoms with Gasteiger partial charge in [0, 0.05) is 6.54 Å². The molecule has 0 aliphatic carbocycles. The first-order valence-corrected chi connectivity index (χ1v) is 6.66. The molecule has 0 aromatic rings. The molecule has 2 atom stereocenters. The number of hydrogen-bond donors (Lipinski definition) is 4. The van der Waals surface area contributed by atoms with Crippen LogP contribution in [0.1, 0.15) is 19.8 Å². The minimum absolute atomic E-state index is 0.222. The second kappa shape index (κ2) is 7.58. The Bertz CT molecular complexity index is 439. The van der Waals surface area contributed by atoms with Gasteiger partial charge in [-0.2, -0.15) is 0 Å². The highest BCUT2D eigenvalue weighted by Gasteiger charge is 2.36. The topological polar surface area (TPSA) is 142 Å². The number of carbonyl (C=O) groups excluding carboxylic acids is 3. The molecular weight excluding hydrogens is 280 g/mol. The van der Waals surface area contributed by atoms with Crippen molar-refractivity contribution in [1.82, 2.24) is 15.5 Å². The minimum Gasteiger partial charge on any atom is -0.480 e. The van der Waals surface area contributed by atoms with Crippen LogP contribution in [0.15, 0.2) is 0 Å². The number of aliphatic carboxylic acids is 1. The third-order valence-corrected chi connectivity index (χ3v) is 3.19. The van der Waals surface area contributed by atoms with Gasteiger partial charge in [0.1, 0.15) is 18.6 Å². The predicted octanol–water partition coefficient (Wildman–Crippen LogP) is -2.36. The fourth-order valence-electron chi connectivity index (χ4n) is 2.19. The Morgan fingerprint density at radius 1 is 1.38 bits per heavy atom. The maximum atomic E-state index is 12.2. The van der Waals surface area contributed by atoms with Crippen molar-refractivity contribution in [3.05, 3.63) is 0 Å². The Labute approximate surface area is 121 Å². The van der Waals surface area contributed by atoms with Gasteiger partial charge < -0.3 is 26.4 Å². The second-order valence-corrected chi connectivity index (χ2v) is 4.79. The first kappa shape index (κ1) is 16.9. The molecular formula is C12H20N4O5. The number of nitrogens with two attached hydrogens (primary N) is 1. The average molecular weight is 300 g/mol. The van der Waals surface area contributed by atoms with E-state index in [1.54, 1.807) is 0 Å². The van der Waals surface area contributed by atoms with Crippen LogP contribution in [-0.2, 0) is 19.2 Å². The lowest BCUT2D eigenvalue weighted by Gasteiger charge is -2.26. The molecule has 0 radical (unpaired) electrons. The zero-order chi connectivity index (χ0) is 16.0. The second-order valence-electron chi connectivity index (χ2n) is 4.79. The summed E-state index contributed by atoms with van der Waals surface area (Å²) in [5.41, 5.74) is 5.16. The molecule has 1 aliphatic rings. The third-order valence-electron chi connectivity index (χ3n) is 3.19. The van der Waals surface area contributed by atoms with Crippen molar-refractivity contribution in [1.29, 1.82) is 0 Å². The van der Waals surface area contributed by atoms with Crippen molar-refractivity contribution in [2.45, 2.75) is 31.8 Å². The standard InChI is InChI=1S/C12H20N4O5/c1-7(15-9(17)5-13)12(21)16-4-2-3-8(16)11(20)14-6-10(18)19/h7-8H,2-6,13H2,1H3,(H,14,20)(H,15,17)(H,18,19). The van der Waals surface area contributed by atoms with Gasteiger partial charge >= 0.3 is 5.97 Å². The van der Waals surface area contributed by atoms with Crippen LogP contribution in [0, 0.1) is 0 Å². The first-order chi connectivity index (χ1) is 9.86. The van der Waals surface area contributed by atoms with E-state index in [0.717, 1.165) is 0 Å². The molecule has 1 saturated heterocycles. The van der Waals surface area contributed by atoms with E-state index >= 15 is 0 Å². The summed E-state index contributed by atoms with van der Waals surface area (Å²) in [4.78, 5) is 47.1. The van der Waals surface area contributed by atoms with Gasteiger partial charge in [0.15, 0.2) is 0 Å². The molecule has 118 valence electrons. The molecule has 0 bridgehead atoms. The summed E-state index contributed by atoms with van der Waals surface area (Å²) in [5, 5.41) is 13.2. The first-order valence-electron chi connectivity index (χ1n) is 6.66. The van der Waals surface area contributed by atoms with Crippen LogP contribution in [0.5, 0.6) is 0 Å². The summed E-state index contributed by atoms with van der Waals surface area (Å²) in [6.45, 7) is 1.20. The highest BCUT2D eigenvalue weighted by molar-refractivity contribution is 5.93. The number of carbonyl (C=O) groups is 4. The van der Waals surface area contributed by atoms with Crippen LogP contribution in [0.2, 0.25) is 0 Å². The van der Waals surface area contributed by atoms with Crippen molar-refractivity contribution >= 4 is 23.7 Å². The largest absolute Gasteiger partial charge is 0.480 e. The molecule has 0 saturated carbocycles. The highest BCUT2D eigenvalue weighted by atomic mass is 16.4. The van der Waals surface area contributed by atoms with E-state index in [1.165, 1.54) is 11.8 Å². The maximum Gasteiger partial charge on any atom is 0.322 e.